The molecule has 70 heavy (non-hydrogen) atoms. The second kappa shape index (κ2) is 23.9. The van der Waals surface area contributed by atoms with E-state index in [4.69, 9.17) is 22.1 Å². The fourth-order valence-electron chi connectivity index (χ4n) is 8.16. The van der Waals surface area contributed by atoms with Gasteiger partial charge in [-0.1, -0.05) is 78.3 Å². The standard InChI is InChI=1S/C28H28ClFN4O2.C26H26FN5O2/c1-19-5-3-4-6-25(19)22(15-31-2)13-28(35)34(17-20-11-23(29)14-24(30)12-20)27-8-7-21(16-33-27)26-18-36-10-9-32-26;1-16-9-18(11-20(27)10-16)14-32(25-8-7-19(13-29-25)23(28)15-33)26(34)12-24-22-6-4-3-5-21(22)17(2)30-31-24/h3-8,11-12,14-16,26,32H,2,9-10,13,17-18H2,1H3;3-11,13,23,33H,12,14-15,28H2,1-2H3/b22-15-;. The van der Waals surface area contributed by atoms with Gasteiger partial charge >= 0.3 is 0 Å². The van der Waals surface area contributed by atoms with Gasteiger partial charge in [0.05, 0.1) is 69.2 Å². The molecule has 13 nitrogen and oxygen atoms in total. The first-order valence-corrected chi connectivity index (χ1v) is 23.0. The Morgan fingerprint density at radius 1 is 0.871 bits per heavy atom. The minimum Gasteiger partial charge on any atom is -0.394 e. The van der Waals surface area contributed by atoms with Crippen LogP contribution in [0.3, 0.4) is 0 Å². The van der Waals surface area contributed by atoms with Gasteiger partial charge in [0.15, 0.2) is 0 Å². The summed E-state index contributed by atoms with van der Waals surface area (Å²) >= 11 is 6.08. The number of aryl methyl sites for hydroxylation is 3. The number of amides is 2. The molecule has 0 bridgehead atoms. The maximum atomic E-state index is 14.1. The highest BCUT2D eigenvalue weighted by molar-refractivity contribution is 6.30. The molecule has 0 saturated carbocycles. The topological polar surface area (TPSA) is 172 Å². The van der Waals surface area contributed by atoms with Crippen LogP contribution in [0.5, 0.6) is 0 Å². The van der Waals surface area contributed by atoms with Crippen LogP contribution in [0.15, 0.2) is 133 Å². The maximum Gasteiger partial charge on any atom is 0.234 e. The number of nitrogens with one attached hydrogen (secondary N) is 1. The smallest absolute Gasteiger partial charge is 0.234 e. The number of nitrogens with zero attached hydrogens (tertiary/aromatic N) is 7. The SMILES string of the molecule is C=N/C=C(/CC(=O)N(Cc1cc(F)cc(Cl)c1)c1ccc(C2COCCN2)cn1)c1ccccc1C.Cc1cc(F)cc(CN(C(=O)Cc2nnc(C)c3ccccc23)c2ccc(C(N)CO)cn2)c1. The lowest BCUT2D eigenvalue weighted by molar-refractivity contribution is -0.118. The van der Waals surface area contributed by atoms with Gasteiger partial charge < -0.3 is 20.9 Å². The number of morpholine rings is 1. The van der Waals surface area contributed by atoms with Crippen molar-refractivity contribution in [3.05, 3.63) is 195 Å². The van der Waals surface area contributed by atoms with Gasteiger partial charge in [-0.3, -0.25) is 24.4 Å². The lowest BCUT2D eigenvalue weighted by Gasteiger charge is -2.26. The van der Waals surface area contributed by atoms with Crippen molar-refractivity contribution in [1.29, 1.82) is 0 Å². The Labute approximate surface area is 410 Å². The van der Waals surface area contributed by atoms with Crippen LogP contribution in [0.2, 0.25) is 5.02 Å². The third-order valence-corrected chi connectivity index (χ3v) is 11.9. The summed E-state index contributed by atoms with van der Waals surface area (Å²) in [4.78, 5) is 43.2. The zero-order valence-corrected chi connectivity index (χ0v) is 39.9. The Kier molecular flexibility index (Phi) is 17.3. The number of carbonyl (C=O) groups is 2. The van der Waals surface area contributed by atoms with Crippen LogP contribution in [0.1, 0.15) is 68.8 Å². The first-order chi connectivity index (χ1) is 33.8. The highest BCUT2D eigenvalue weighted by Gasteiger charge is 2.24. The van der Waals surface area contributed by atoms with Crippen molar-refractivity contribution in [3.63, 3.8) is 0 Å². The molecule has 0 radical (unpaired) electrons. The zero-order chi connectivity index (χ0) is 49.7. The summed E-state index contributed by atoms with van der Waals surface area (Å²) < 4.78 is 33.7. The fourth-order valence-corrected chi connectivity index (χ4v) is 8.41. The molecule has 4 aromatic carbocycles. The van der Waals surface area contributed by atoms with Crippen LogP contribution in [-0.2, 0) is 33.8 Å². The summed E-state index contributed by atoms with van der Waals surface area (Å²) in [7, 11) is 0. The minimum atomic E-state index is -0.564. The number of fused-ring (bicyclic) bond motifs is 1. The summed E-state index contributed by atoms with van der Waals surface area (Å²) in [6.07, 6.45) is 4.94. The van der Waals surface area contributed by atoms with Gasteiger partial charge in [-0.25, -0.2) is 18.7 Å². The molecule has 2 amide bonds. The number of benzene rings is 4. The number of hydrogen-bond donors (Lipinski definition) is 3. The first-order valence-electron chi connectivity index (χ1n) is 22.6. The van der Waals surface area contributed by atoms with E-state index in [0.29, 0.717) is 47.2 Å². The van der Waals surface area contributed by atoms with Gasteiger partial charge in [-0.05, 0) is 114 Å². The number of hydrogen-bond acceptors (Lipinski definition) is 11. The number of anilines is 2. The molecule has 1 saturated heterocycles. The van der Waals surface area contributed by atoms with E-state index < -0.39 is 11.9 Å². The molecule has 1 aliphatic heterocycles. The molecule has 0 spiro atoms. The van der Waals surface area contributed by atoms with Crippen LogP contribution in [0.25, 0.3) is 16.3 Å². The molecule has 16 heteroatoms. The number of aliphatic hydroxyl groups excluding tert-OH is 1. The molecule has 1 aliphatic rings. The lowest BCUT2D eigenvalue weighted by atomic mass is 9.98. The number of halogens is 3. The maximum absolute atomic E-state index is 14.1. The summed E-state index contributed by atoms with van der Waals surface area (Å²) in [6.45, 7) is 11.3. The normalized spacial score (nSPS) is 14.1. The van der Waals surface area contributed by atoms with Crippen molar-refractivity contribution in [3.8, 4) is 0 Å². The molecule has 360 valence electrons. The number of nitrogens with two attached hydrogens (primary N) is 1. The lowest BCUT2D eigenvalue weighted by Crippen LogP contribution is -2.35. The predicted octanol–water partition coefficient (Wildman–Crippen LogP) is 9.06. The molecule has 7 aromatic rings. The van der Waals surface area contributed by atoms with Crippen LogP contribution < -0.4 is 20.9 Å². The number of ether oxygens (including phenoxy) is 1. The zero-order valence-electron chi connectivity index (χ0n) is 39.2. The Bertz CT molecular complexity index is 2950. The Morgan fingerprint density at radius 2 is 1.54 bits per heavy atom. The van der Waals surface area contributed by atoms with Crippen molar-refractivity contribution in [2.24, 2.45) is 10.7 Å². The number of pyridine rings is 2. The number of carbonyl (C=O) groups excluding carboxylic acids is 2. The molecule has 2 atom stereocenters. The van der Waals surface area contributed by atoms with E-state index in [2.05, 4.69) is 37.2 Å². The molecular formula is C54H54ClF2N9O4. The predicted molar refractivity (Wildman–Crippen MR) is 270 cm³/mol. The summed E-state index contributed by atoms with van der Waals surface area (Å²) in [5.41, 5.74) is 13.5. The average molecular weight is 967 g/mol. The van der Waals surface area contributed by atoms with E-state index in [1.807, 2.05) is 74.5 Å². The van der Waals surface area contributed by atoms with Crippen molar-refractivity contribution in [2.75, 3.05) is 36.2 Å². The number of aliphatic imine (C=N–C) groups is 1. The van der Waals surface area contributed by atoms with Gasteiger partial charge in [0, 0.05) is 40.9 Å². The molecule has 8 rings (SSSR count). The van der Waals surface area contributed by atoms with Gasteiger partial charge in [0.2, 0.25) is 11.8 Å². The van der Waals surface area contributed by atoms with Crippen molar-refractivity contribution >= 4 is 58.1 Å². The number of aromatic nitrogens is 4. The van der Waals surface area contributed by atoms with E-state index in [1.165, 1.54) is 40.3 Å². The summed E-state index contributed by atoms with van der Waals surface area (Å²) in [5.74, 6) is -0.450. The van der Waals surface area contributed by atoms with E-state index in [0.717, 1.165) is 50.8 Å². The third-order valence-electron chi connectivity index (χ3n) is 11.7. The number of aliphatic hydroxyl groups is 1. The Balaban J connectivity index is 0.000000207. The highest BCUT2D eigenvalue weighted by atomic mass is 35.5. The minimum absolute atomic E-state index is 0.00166. The second-order valence-corrected chi connectivity index (χ2v) is 17.4. The van der Waals surface area contributed by atoms with Crippen LogP contribution in [-0.4, -0.2) is 70.2 Å². The van der Waals surface area contributed by atoms with Crippen molar-refractivity contribution in [2.45, 2.75) is 58.8 Å². The van der Waals surface area contributed by atoms with Crippen LogP contribution >= 0.6 is 11.6 Å². The Morgan fingerprint density at radius 3 is 2.17 bits per heavy atom. The molecular weight excluding hydrogens is 912 g/mol. The summed E-state index contributed by atoms with van der Waals surface area (Å²) in [6, 6.07) is 31.0. The second-order valence-electron chi connectivity index (χ2n) is 16.9. The van der Waals surface area contributed by atoms with Crippen LogP contribution in [0, 0.1) is 32.4 Å². The van der Waals surface area contributed by atoms with Gasteiger partial charge in [-0.2, -0.15) is 10.2 Å². The molecule has 4 heterocycles. The van der Waals surface area contributed by atoms with E-state index in [1.54, 1.807) is 43.6 Å². The Hall–Kier alpha value is -7.14. The molecule has 4 N–H and O–H groups in total. The number of rotatable bonds is 15. The molecule has 3 aromatic heterocycles. The van der Waals surface area contributed by atoms with Crippen molar-refractivity contribution in [1.82, 2.24) is 25.5 Å². The first kappa shape index (κ1) is 50.7. The fraction of sp³-hybridized carbons (Fsp3) is 0.241. The monoisotopic (exact) mass is 965 g/mol. The highest BCUT2D eigenvalue weighted by Crippen LogP contribution is 2.28. The van der Waals surface area contributed by atoms with E-state index >= 15 is 0 Å². The van der Waals surface area contributed by atoms with Crippen LogP contribution in [0.4, 0.5) is 20.4 Å². The molecule has 1 fully saturated rings. The molecule has 0 aliphatic carbocycles. The van der Waals surface area contributed by atoms with Gasteiger partial charge in [0.25, 0.3) is 0 Å². The quantitative estimate of drug-likeness (QED) is 0.0842. The summed E-state index contributed by atoms with van der Waals surface area (Å²) in [5, 5.41) is 23.3. The molecule has 2 unspecified atom stereocenters. The van der Waals surface area contributed by atoms with E-state index in [-0.39, 0.29) is 61.2 Å². The van der Waals surface area contributed by atoms with E-state index in [9.17, 15) is 23.5 Å². The average Bonchev–Trinajstić information content (AvgIpc) is 3.35. The van der Waals surface area contributed by atoms with Gasteiger partial charge in [-0.15, -0.1) is 0 Å². The largest absolute Gasteiger partial charge is 0.394 e. The van der Waals surface area contributed by atoms with Gasteiger partial charge in [0.1, 0.15) is 23.3 Å². The third kappa shape index (κ3) is 13.1. The van der Waals surface area contributed by atoms with Crippen molar-refractivity contribution < 1.29 is 28.2 Å².